The molecule has 0 unspecified atom stereocenters. The molecular formula is C19H24N2O3. The van der Waals surface area contributed by atoms with Crippen molar-refractivity contribution in [3.8, 4) is 0 Å². The number of carbonyl (C=O) groups excluding carboxylic acids is 1. The molecule has 1 saturated carbocycles. The fourth-order valence-corrected chi connectivity index (χ4v) is 3.49. The Morgan fingerprint density at radius 1 is 1.29 bits per heavy atom. The van der Waals surface area contributed by atoms with Gasteiger partial charge in [-0.3, -0.25) is 4.79 Å². The van der Waals surface area contributed by atoms with E-state index < -0.39 is 11.5 Å². The maximum Gasteiger partial charge on any atom is 0.329 e. The van der Waals surface area contributed by atoms with Crippen LogP contribution in [0, 0.1) is 5.92 Å². The van der Waals surface area contributed by atoms with Crippen molar-refractivity contribution in [2.24, 2.45) is 5.92 Å². The number of aromatic amines is 1. The van der Waals surface area contributed by atoms with Gasteiger partial charge in [-0.15, -0.1) is 0 Å². The quantitative estimate of drug-likeness (QED) is 0.788. The first-order chi connectivity index (χ1) is 11.5. The summed E-state index contributed by atoms with van der Waals surface area (Å²) in [5.74, 6) is -0.555. The van der Waals surface area contributed by atoms with Gasteiger partial charge in [0.15, 0.2) is 0 Å². The summed E-state index contributed by atoms with van der Waals surface area (Å²) < 4.78 is 0. The van der Waals surface area contributed by atoms with Crippen LogP contribution in [0.4, 0.5) is 0 Å². The molecule has 1 aliphatic rings. The lowest BCUT2D eigenvalue weighted by Gasteiger charge is -2.36. The van der Waals surface area contributed by atoms with Gasteiger partial charge in [0.05, 0.1) is 0 Å². The number of hydrogen-bond donors (Lipinski definition) is 3. The van der Waals surface area contributed by atoms with Gasteiger partial charge in [-0.05, 0) is 67.2 Å². The third-order valence-electron chi connectivity index (χ3n) is 5.17. The van der Waals surface area contributed by atoms with E-state index >= 15 is 0 Å². The summed E-state index contributed by atoms with van der Waals surface area (Å²) >= 11 is 0. The van der Waals surface area contributed by atoms with Crippen LogP contribution < -0.4 is 5.32 Å². The van der Waals surface area contributed by atoms with Crippen molar-refractivity contribution in [1.82, 2.24) is 10.3 Å². The van der Waals surface area contributed by atoms with Gasteiger partial charge in [0.25, 0.3) is 0 Å². The summed E-state index contributed by atoms with van der Waals surface area (Å²) in [5, 5.41) is 13.5. The van der Waals surface area contributed by atoms with E-state index in [9.17, 15) is 14.7 Å². The predicted octanol–water partition coefficient (Wildman–Crippen LogP) is 3.25. The van der Waals surface area contributed by atoms with Crippen LogP contribution in [-0.4, -0.2) is 27.5 Å². The molecule has 0 bridgehead atoms. The van der Waals surface area contributed by atoms with Crippen LogP contribution in [0.15, 0.2) is 30.5 Å². The van der Waals surface area contributed by atoms with Crippen molar-refractivity contribution in [2.75, 3.05) is 0 Å². The highest BCUT2D eigenvalue weighted by Crippen LogP contribution is 2.32. The minimum atomic E-state index is -1.08. The van der Waals surface area contributed by atoms with Crippen molar-refractivity contribution in [1.29, 1.82) is 0 Å². The van der Waals surface area contributed by atoms with Gasteiger partial charge >= 0.3 is 5.97 Å². The van der Waals surface area contributed by atoms with Crippen LogP contribution in [-0.2, 0) is 16.0 Å². The number of carboxylic acids is 1. The van der Waals surface area contributed by atoms with Gasteiger partial charge < -0.3 is 15.4 Å². The topological polar surface area (TPSA) is 82.2 Å². The summed E-state index contributed by atoms with van der Waals surface area (Å²) in [4.78, 5) is 27.1. The Bertz CT molecular complexity index is 742. The fourth-order valence-electron chi connectivity index (χ4n) is 3.49. The van der Waals surface area contributed by atoms with Crippen molar-refractivity contribution >= 4 is 22.8 Å². The van der Waals surface area contributed by atoms with E-state index in [1.807, 2.05) is 24.4 Å². The first-order valence-electron chi connectivity index (χ1n) is 8.59. The molecule has 1 aromatic heterocycles. The van der Waals surface area contributed by atoms with E-state index in [0.29, 0.717) is 31.6 Å². The molecule has 1 amide bonds. The zero-order valence-electron chi connectivity index (χ0n) is 14.0. The van der Waals surface area contributed by atoms with E-state index in [1.165, 1.54) is 0 Å². The number of carboxylic acid groups (broad SMARTS) is 1. The van der Waals surface area contributed by atoms with Crippen molar-refractivity contribution in [2.45, 2.75) is 51.0 Å². The Morgan fingerprint density at radius 3 is 2.75 bits per heavy atom. The van der Waals surface area contributed by atoms with E-state index in [4.69, 9.17) is 0 Å². The Kier molecular flexibility index (Phi) is 4.60. The number of nitrogens with one attached hydrogen (secondary N) is 2. The lowest BCUT2D eigenvalue weighted by molar-refractivity contribution is -0.149. The van der Waals surface area contributed by atoms with Crippen molar-refractivity contribution < 1.29 is 14.7 Å². The Hall–Kier alpha value is -2.30. The molecule has 1 fully saturated rings. The summed E-state index contributed by atoms with van der Waals surface area (Å²) in [6.07, 6.45) is 5.53. The van der Waals surface area contributed by atoms with Gasteiger partial charge in [0.1, 0.15) is 5.54 Å². The molecular weight excluding hydrogens is 304 g/mol. The number of amides is 1. The number of hydrogen-bond acceptors (Lipinski definition) is 2. The highest BCUT2D eigenvalue weighted by Gasteiger charge is 2.42. The van der Waals surface area contributed by atoms with E-state index in [0.717, 1.165) is 29.3 Å². The number of rotatable bonds is 5. The predicted molar refractivity (Wildman–Crippen MR) is 92.8 cm³/mol. The number of benzene rings is 1. The van der Waals surface area contributed by atoms with Gasteiger partial charge in [-0.2, -0.15) is 0 Å². The average Bonchev–Trinajstić information content (AvgIpc) is 3.03. The Balaban J connectivity index is 1.60. The summed E-state index contributed by atoms with van der Waals surface area (Å²) in [7, 11) is 0. The SMILES string of the molecule is CC1CCC(NC(=O)CCc2ccc3[nH]ccc3c2)(C(=O)O)CC1. The molecule has 1 heterocycles. The number of fused-ring (bicyclic) bond motifs is 1. The first-order valence-corrected chi connectivity index (χ1v) is 8.59. The van der Waals surface area contributed by atoms with Crippen LogP contribution in [0.2, 0.25) is 0 Å². The van der Waals surface area contributed by atoms with Crippen LogP contribution >= 0.6 is 0 Å². The normalized spacial score (nSPS) is 24.0. The Labute approximate surface area is 141 Å². The number of carbonyl (C=O) groups is 2. The maximum absolute atomic E-state index is 12.3. The second-order valence-electron chi connectivity index (χ2n) is 7.02. The highest BCUT2D eigenvalue weighted by molar-refractivity contribution is 5.87. The molecule has 24 heavy (non-hydrogen) atoms. The molecule has 0 saturated heterocycles. The minimum absolute atomic E-state index is 0.180. The van der Waals surface area contributed by atoms with E-state index in [-0.39, 0.29) is 5.91 Å². The van der Waals surface area contributed by atoms with E-state index in [2.05, 4.69) is 23.3 Å². The molecule has 1 aromatic carbocycles. The average molecular weight is 328 g/mol. The molecule has 5 nitrogen and oxygen atoms in total. The first kappa shape index (κ1) is 16.6. The van der Waals surface area contributed by atoms with Crippen molar-refractivity contribution in [3.63, 3.8) is 0 Å². The number of aromatic nitrogens is 1. The molecule has 3 rings (SSSR count). The second kappa shape index (κ2) is 6.67. The molecule has 3 N–H and O–H groups in total. The number of H-pyrrole nitrogens is 1. The standard InChI is InChI=1S/C19H24N2O3/c1-13-6-9-19(10-7-13,18(23)24)21-17(22)5-3-14-2-4-16-15(12-14)8-11-20-16/h2,4,8,11-13,20H,3,5-7,9-10H2,1H3,(H,21,22)(H,23,24). The number of aryl methyl sites for hydroxylation is 1. The zero-order chi connectivity index (χ0) is 17.2. The third kappa shape index (κ3) is 3.45. The monoisotopic (exact) mass is 328 g/mol. The molecule has 0 radical (unpaired) electrons. The summed E-state index contributed by atoms with van der Waals surface area (Å²) in [6.45, 7) is 2.13. The van der Waals surface area contributed by atoms with Gasteiger partial charge in [-0.1, -0.05) is 13.0 Å². The van der Waals surface area contributed by atoms with Gasteiger partial charge in [-0.25, -0.2) is 4.79 Å². The molecule has 128 valence electrons. The highest BCUT2D eigenvalue weighted by atomic mass is 16.4. The smallest absolute Gasteiger partial charge is 0.329 e. The van der Waals surface area contributed by atoms with Crippen LogP contribution in [0.5, 0.6) is 0 Å². The van der Waals surface area contributed by atoms with E-state index in [1.54, 1.807) is 0 Å². The minimum Gasteiger partial charge on any atom is -0.480 e. The molecule has 2 aromatic rings. The summed E-state index contributed by atoms with van der Waals surface area (Å²) in [5.41, 5.74) is 1.08. The fraction of sp³-hybridized carbons (Fsp3) is 0.474. The largest absolute Gasteiger partial charge is 0.480 e. The molecule has 0 atom stereocenters. The second-order valence-corrected chi connectivity index (χ2v) is 7.02. The maximum atomic E-state index is 12.3. The lowest BCUT2D eigenvalue weighted by Crippen LogP contribution is -2.56. The Morgan fingerprint density at radius 2 is 2.04 bits per heavy atom. The van der Waals surface area contributed by atoms with Crippen LogP contribution in [0.3, 0.4) is 0 Å². The molecule has 0 aliphatic heterocycles. The number of aliphatic carboxylic acids is 1. The van der Waals surface area contributed by atoms with Gasteiger partial charge in [0, 0.05) is 18.1 Å². The third-order valence-corrected chi connectivity index (χ3v) is 5.17. The van der Waals surface area contributed by atoms with Crippen molar-refractivity contribution in [3.05, 3.63) is 36.0 Å². The van der Waals surface area contributed by atoms with Crippen LogP contribution in [0.1, 0.15) is 44.6 Å². The van der Waals surface area contributed by atoms with Crippen LogP contribution in [0.25, 0.3) is 10.9 Å². The van der Waals surface area contributed by atoms with Gasteiger partial charge in [0.2, 0.25) is 5.91 Å². The zero-order valence-corrected chi connectivity index (χ0v) is 14.0. The molecule has 1 aliphatic carbocycles. The molecule has 0 spiro atoms. The summed E-state index contributed by atoms with van der Waals surface area (Å²) in [6, 6.07) is 8.07. The lowest BCUT2D eigenvalue weighted by atomic mass is 9.77. The molecule has 5 heteroatoms.